The lowest BCUT2D eigenvalue weighted by molar-refractivity contribution is 0.394. The fourth-order valence-corrected chi connectivity index (χ4v) is 1.12. The van der Waals surface area contributed by atoms with Gasteiger partial charge in [0.25, 0.3) is 0 Å². The second kappa shape index (κ2) is 3.88. The zero-order valence-electron chi connectivity index (χ0n) is 7.09. The third-order valence-corrected chi connectivity index (χ3v) is 1.77. The van der Waals surface area contributed by atoms with E-state index >= 15 is 0 Å². The molecule has 0 bridgehead atoms. The van der Waals surface area contributed by atoms with Crippen molar-refractivity contribution in [2.24, 2.45) is 0 Å². The van der Waals surface area contributed by atoms with Gasteiger partial charge in [-0.3, -0.25) is 0 Å². The molecule has 1 aliphatic rings. The van der Waals surface area contributed by atoms with E-state index in [9.17, 15) is 0 Å². The van der Waals surface area contributed by atoms with Gasteiger partial charge in [0.05, 0.1) is 0 Å². The van der Waals surface area contributed by atoms with E-state index in [1.165, 1.54) is 5.70 Å². The molecule has 0 saturated carbocycles. The standard InChI is InChI=1S/C10H13N/c1-3-11(4-2)10-8-6-5-7-9-10/h6,8-9H,3-4H2,1-2H3. The summed E-state index contributed by atoms with van der Waals surface area (Å²) in [6.07, 6.45) is 5.92. The molecule has 0 atom stereocenters. The predicted molar refractivity (Wildman–Crippen MR) is 47.2 cm³/mol. The minimum absolute atomic E-state index is 1.05. The smallest absolute Gasteiger partial charge is 0.0457 e. The molecule has 0 unspecified atom stereocenters. The Morgan fingerprint density at radius 2 is 2.00 bits per heavy atom. The highest BCUT2D eigenvalue weighted by molar-refractivity contribution is 5.25. The van der Waals surface area contributed by atoms with E-state index in [-0.39, 0.29) is 0 Å². The van der Waals surface area contributed by atoms with E-state index in [1.807, 2.05) is 12.2 Å². The van der Waals surface area contributed by atoms with Crippen molar-refractivity contribution >= 4 is 0 Å². The minimum Gasteiger partial charge on any atom is -0.372 e. The average Bonchev–Trinajstić information content (AvgIpc) is 2.09. The molecule has 1 nitrogen and oxygen atoms in total. The Morgan fingerprint density at radius 3 is 2.45 bits per heavy atom. The maximum absolute atomic E-state index is 2.94. The molecule has 0 radical (unpaired) electrons. The van der Waals surface area contributed by atoms with Crippen molar-refractivity contribution in [3.8, 4) is 0 Å². The number of likely N-dealkylation sites (N-methyl/N-ethyl adjacent to an activating group) is 1. The summed E-state index contributed by atoms with van der Waals surface area (Å²) in [6.45, 7) is 6.41. The van der Waals surface area contributed by atoms with Crippen molar-refractivity contribution in [1.82, 2.24) is 4.90 Å². The first-order chi connectivity index (χ1) is 5.38. The highest BCUT2D eigenvalue weighted by Gasteiger charge is 2.00. The van der Waals surface area contributed by atoms with E-state index in [4.69, 9.17) is 0 Å². The molecule has 0 fully saturated rings. The number of hydrogen-bond donors (Lipinski definition) is 0. The molecule has 0 aromatic heterocycles. The zero-order valence-corrected chi connectivity index (χ0v) is 7.09. The monoisotopic (exact) mass is 147 g/mol. The van der Waals surface area contributed by atoms with Crippen molar-refractivity contribution in [2.75, 3.05) is 13.1 Å². The largest absolute Gasteiger partial charge is 0.372 e. The molecular formula is C10H13N. The molecule has 1 heteroatoms. The lowest BCUT2D eigenvalue weighted by Gasteiger charge is -2.21. The second-order valence-electron chi connectivity index (χ2n) is 2.36. The summed E-state index contributed by atoms with van der Waals surface area (Å²) in [7, 11) is 0. The van der Waals surface area contributed by atoms with Gasteiger partial charge in [0.15, 0.2) is 0 Å². The van der Waals surface area contributed by atoms with E-state index in [1.54, 1.807) is 0 Å². The van der Waals surface area contributed by atoms with Crippen LogP contribution in [0.3, 0.4) is 0 Å². The zero-order chi connectivity index (χ0) is 8.10. The SMILES string of the molecule is CCN(CC)C1=CC=C=C=C1. The first kappa shape index (κ1) is 7.94. The average molecular weight is 147 g/mol. The van der Waals surface area contributed by atoms with Crippen LogP contribution in [0.15, 0.2) is 35.4 Å². The Labute approximate surface area is 68.0 Å². The summed E-state index contributed by atoms with van der Waals surface area (Å²) < 4.78 is 0. The van der Waals surface area contributed by atoms with Gasteiger partial charge in [0.1, 0.15) is 0 Å². The van der Waals surface area contributed by atoms with Gasteiger partial charge in [-0.05, 0) is 26.0 Å². The molecular weight excluding hydrogens is 134 g/mol. The van der Waals surface area contributed by atoms with Crippen molar-refractivity contribution in [1.29, 1.82) is 0 Å². The van der Waals surface area contributed by atoms with Crippen LogP contribution in [0.2, 0.25) is 0 Å². The Balaban J connectivity index is 2.69. The summed E-state index contributed by atoms with van der Waals surface area (Å²) >= 11 is 0. The first-order valence-electron chi connectivity index (χ1n) is 4.01. The van der Waals surface area contributed by atoms with Crippen LogP contribution in [-0.4, -0.2) is 18.0 Å². The van der Waals surface area contributed by atoms with Crippen molar-refractivity contribution < 1.29 is 0 Å². The molecule has 0 aliphatic heterocycles. The Morgan fingerprint density at radius 1 is 1.27 bits per heavy atom. The van der Waals surface area contributed by atoms with Crippen LogP contribution in [-0.2, 0) is 0 Å². The number of rotatable bonds is 3. The van der Waals surface area contributed by atoms with Gasteiger partial charge in [-0.2, -0.15) is 0 Å². The molecule has 0 heterocycles. The van der Waals surface area contributed by atoms with Gasteiger partial charge in [0.2, 0.25) is 0 Å². The fraction of sp³-hybridized carbons (Fsp3) is 0.400. The highest BCUT2D eigenvalue weighted by Crippen LogP contribution is 2.06. The second-order valence-corrected chi connectivity index (χ2v) is 2.36. The van der Waals surface area contributed by atoms with E-state index in [0.29, 0.717) is 0 Å². The van der Waals surface area contributed by atoms with Gasteiger partial charge < -0.3 is 4.90 Å². The summed E-state index contributed by atoms with van der Waals surface area (Å²) in [6, 6.07) is 0. The van der Waals surface area contributed by atoms with Gasteiger partial charge in [-0.25, -0.2) is 0 Å². The molecule has 0 aromatic carbocycles. The van der Waals surface area contributed by atoms with Gasteiger partial charge >= 0.3 is 0 Å². The van der Waals surface area contributed by atoms with Crippen LogP contribution < -0.4 is 0 Å². The minimum atomic E-state index is 1.05. The van der Waals surface area contributed by atoms with Crippen LogP contribution in [0, 0.1) is 0 Å². The molecule has 0 spiro atoms. The predicted octanol–water partition coefficient (Wildman–Crippen LogP) is 2.09. The number of hydrogen-bond acceptors (Lipinski definition) is 1. The fourth-order valence-electron chi connectivity index (χ4n) is 1.12. The van der Waals surface area contributed by atoms with Crippen molar-refractivity contribution in [2.45, 2.75) is 13.8 Å². The van der Waals surface area contributed by atoms with E-state index < -0.39 is 0 Å². The molecule has 0 N–H and O–H groups in total. The Kier molecular flexibility index (Phi) is 2.80. The van der Waals surface area contributed by atoms with Crippen LogP contribution in [0.25, 0.3) is 0 Å². The molecule has 0 saturated heterocycles. The van der Waals surface area contributed by atoms with Crippen LogP contribution in [0.1, 0.15) is 13.8 Å². The number of allylic oxidation sites excluding steroid dienone is 3. The molecule has 0 aromatic rings. The maximum Gasteiger partial charge on any atom is 0.0457 e. The Hall–Kier alpha value is -1.16. The van der Waals surface area contributed by atoms with Gasteiger partial charge in [-0.1, -0.05) is 11.5 Å². The summed E-state index contributed by atoms with van der Waals surface area (Å²) in [5.74, 6) is 0. The molecule has 1 aliphatic carbocycles. The third kappa shape index (κ3) is 1.88. The third-order valence-electron chi connectivity index (χ3n) is 1.77. The highest BCUT2D eigenvalue weighted by atomic mass is 15.1. The summed E-state index contributed by atoms with van der Waals surface area (Å²) in [4.78, 5) is 2.28. The lowest BCUT2D eigenvalue weighted by Crippen LogP contribution is -2.20. The van der Waals surface area contributed by atoms with E-state index in [0.717, 1.165) is 13.1 Å². The van der Waals surface area contributed by atoms with Gasteiger partial charge in [-0.15, -0.1) is 0 Å². The summed E-state index contributed by atoms with van der Waals surface area (Å²) in [5.41, 5.74) is 7.06. The van der Waals surface area contributed by atoms with Crippen molar-refractivity contribution in [3.05, 3.63) is 35.4 Å². The molecule has 1 rings (SSSR count). The maximum atomic E-state index is 2.94. The number of nitrogens with zero attached hydrogens (tertiary/aromatic N) is 1. The summed E-state index contributed by atoms with van der Waals surface area (Å²) in [5, 5.41) is 0. The molecule has 58 valence electrons. The lowest BCUT2D eigenvalue weighted by atomic mass is 10.3. The van der Waals surface area contributed by atoms with Crippen molar-refractivity contribution in [3.63, 3.8) is 0 Å². The molecule has 11 heavy (non-hydrogen) atoms. The van der Waals surface area contributed by atoms with Crippen LogP contribution >= 0.6 is 0 Å². The van der Waals surface area contributed by atoms with Gasteiger partial charge in [0, 0.05) is 24.9 Å². The topological polar surface area (TPSA) is 3.24 Å². The van der Waals surface area contributed by atoms with E-state index in [2.05, 4.69) is 36.3 Å². The normalized spacial score (nSPS) is 13.5. The first-order valence-corrected chi connectivity index (χ1v) is 4.01. The Bertz CT molecular complexity index is 244. The van der Waals surface area contributed by atoms with Crippen LogP contribution in [0.5, 0.6) is 0 Å². The van der Waals surface area contributed by atoms with Crippen LogP contribution in [0.4, 0.5) is 0 Å². The molecule has 0 amide bonds. The quantitative estimate of drug-likeness (QED) is 0.552.